The summed E-state index contributed by atoms with van der Waals surface area (Å²) in [7, 11) is 0. The van der Waals surface area contributed by atoms with Crippen molar-refractivity contribution in [2.75, 3.05) is 5.73 Å². The first-order chi connectivity index (χ1) is 8.91. The molecule has 0 bridgehead atoms. The Morgan fingerprint density at radius 2 is 2.16 bits per heavy atom. The molecule has 2 aromatic rings. The molecule has 0 aliphatic carbocycles. The minimum Gasteiger partial charge on any atom is -0.479 e. The SMILES string of the molecule is Cc1nc2c(N)ncnc2n1C[C@@H](O)[C@@H](O)C(=O)O. The van der Waals surface area contributed by atoms with Crippen molar-refractivity contribution in [3.8, 4) is 0 Å². The van der Waals surface area contributed by atoms with Crippen molar-refractivity contribution in [1.29, 1.82) is 0 Å². The zero-order chi connectivity index (χ0) is 14.2. The number of rotatable bonds is 4. The normalized spacial score (nSPS) is 14.5. The second kappa shape index (κ2) is 4.78. The number of carboxylic acid groups (broad SMARTS) is 1. The summed E-state index contributed by atoms with van der Waals surface area (Å²) in [6.07, 6.45) is -2.12. The molecule has 2 rings (SSSR count). The number of carbonyl (C=O) groups is 1. The van der Waals surface area contributed by atoms with Crippen molar-refractivity contribution < 1.29 is 20.1 Å². The maximum absolute atomic E-state index is 10.6. The summed E-state index contributed by atoms with van der Waals surface area (Å²) in [4.78, 5) is 22.5. The second-order valence-electron chi connectivity index (χ2n) is 4.05. The number of nitrogen functional groups attached to an aromatic ring is 1. The van der Waals surface area contributed by atoms with Gasteiger partial charge in [0, 0.05) is 0 Å². The fraction of sp³-hybridized carbons (Fsp3) is 0.400. The molecule has 19 heavy (non-hydrogen) atoms. The van der Waals surface area contributed by atoms with E-state index >= 15 is 0 Å². The molecule has 2 atom stereocenters. The van der Waals surface area contributed by atoms with Crippen LogP contribution in [0.25, 0.3) is 11.2 Å². The van der Waals surface area contributed by atoms with E-state index < -0.39 is 18.2 Å². The minimum atomic E-state index is -1.88. The van der Waals surface area contributed by atoms with Crippen LogP contribution in [0.2, 0.25) is 0 Å². The molecule has 9 heteroatoms. The number of imidazole rings is 1. The quantitative estimate of drug-likeness (QED) is 0.524. The van der Waals surface area contributed by atoms with Gasteiger partial charge in [-0.05, 0) is 6.92 Å². The summed E-state index contributed by atoms with van der Waals surface area (Å²) in [5.41, 5.74) is 6.39. The van der Waals surface area contributed by atoms with E-state index in [-0.39, 0.29) is 12.4 Å². The Morgan fingerprint density at radius 3 is 2.79 bits per heavy atom. The van der Waals surface area contributed by atoms with Gasteiger partial charge in [0.2, 0.25) is 0 Å². The van der Waals surface area contributed by atoms with E-state index in [0.717, 1.165) is 0 Å². The predicted octanol–water partition coefficient (Wildman–Crippen LogP) is -1.48. The number of aliphatic carboxylic acids is 1. The number of hydrogen-bond donors (Lipinski definition) is 4. The first kappa shape index (κ1) is 13.2. The monoisotopic (exact) mass is 267 g/mol. The average Bonchev–Trinajstić information content (AvgIpc) is 2.67. The molecule has 0 unspecified atom stereocenters. The summed E-state index contributed by atoms with van der Waals surface area (Å²) in [5, 5.41) is 27.6. The van der Waals surface area contributed by atoms with Crippen molar-refractivity contribution in [2.45, 2.75) is 25.7 Å². The van der Waals surface area contributed by atoms with E-state index in [4.69, 9.17) is 10.8 Å². The fourth-order valence-electron chi connectivity index (χ4n) is 1.73. The van der Waals surface area contributed by atoms with Crippen LogP contribution >= 0.6 is 0 Å². The summed E-state index contributed by atoms with van der Waals surface area (Å²) in [5.74, 6) is -0.817. The number of aromatic nitrogens is 4. The molecule has 102 valence electrons. The van der Waals surface area contributed by atoms with E-state index in [1.807, 2.05) is 0 Å². The number of aliphatic hydroxyl groups excluding tert-OH is 2. The third kappa shape index (κ3) is 2.33. The number of nitrogens with two attached hydrogens (primary N) is 1. The van der Waals surface area contributed by atoms with Crippen LogP contribution in [-0.4, -0.2) is 53.0 Å². The maximum atomic E-state index is 10.6. The lowest BCUT2D eigenvalue weighted by molar-refractivity contribution is -0.153. The molecular weight excluding hydrogens is 254 g/mol. The number of nitrogens with zero attached hydrogens (tertiary/aromatic N) is 4. The van der Waals surface area contributed by atoms with Crippen LogP contribution < -0.4 is 5.73 Å². The van der Waals surface area contributed by atoms with Gasteiger partial charge in [0.05, 0.1) is 6.54 Å². The van der Waals surface area contributed by atoms with E-state index in [2.05, 4.69) is 15.0 Å². The largest absolute Gasteiger partial charge is 0.479 e. The molecule has 2 heterocycles. The molecule has 0 amide bonds. The first-order valence-corrected chi connectivity index (χ1v) is 5.44. The van der Waals surface area contributed by atoms with Crippen molar-refractivity contribution in [1.82, 2.24) is 19.5 Å². The molecule has 0 fully saturated rings. The van der Waals surface area contributed by atoms with Crippen molar-refractivity contribution in [3.05, 3.63) is 12.2 Å². The molecule has 0 aromatic carbocycles. The highest BCUT2D eigenvalue weighted by Crippen LogP contribution is 2.18. The van der Waals surface area contributed by atoms with Gasteiger partial charge in [-0.15, -0.1) is 0 Å². The molecule has 5 N–H and O–H groups in total. The molecular formula is C10H13N5O4. The summed E-state index contributed by atoms with van der Waals surface area (Å²) in [6, 6.07) is 0. The van der Waals surface area contributed by atoms with Crippen LogP contribution in [0.15, 0.2) is 6.33 Å². The third-order valence-corrected chi connectivity index (χ3v) is 2.74. The smallest absolute Gasteiger partial charge is 0.335 e. The van der Waals surface area contributed by atoms with Crippen molar-refractivity contribution in [3.63, 3.8) is 0 Å². The molecule has 9 nitrogen and oxygen atoms in total. The minimum absolute atomic E-state index is 0.160. The lowest BCUT2D eigenvalue weighted by atomic mass is 10.2. The zero-order valence-corrected chi connectivity index (χ0v) is 10.1. The molecule has 0 saturated heterocycles. The van der Waals surface area contributed by atoms with Gasteiger partial charge in [-0.2, -0.15) is 0 Å². The van der Waals surface area contributed by atoms with Gasteiger partial charge < -0.3 is 25.6 Å². The van der Waals surface area contributed by atoms with E-state index in [0.29, 0.717) is 17.0 Å². The molecule has 0 saturated carbocycles. The van der Waals surface area contributed by atoms with Crippen LogP contribution in [0.5, 0.6) is 0 Å². The lowest BCUT2D eigenvalue weighted by Crippen LogP contribution is -2.37. The number of fused-ring (bicyclic) bond motifs is 1. The van der Waals surface area contributed by atoms with Crippen LogP contribution in [0.3, 0.4) is 0 Å². The molecule has 0 aliphatic heterocycles. The molecule has 0 aliphatic rings. The standard InChI is InChI=1S/C10H13N5O4/c1-4-14-6-8(11)12-3-13-9(6)15(4)2-5(16)7(17)10(18)19/h3,5,7,16-17H,2H2,1H3,(H,18,19)(H2,11,12,13)/t5-,7-/m1/s1. The van der Waals surface area contributed by atoms with Gasteiger partial charge in [0.15, 0.2) is 23.1 Å². The van der Waals surface area contributed by atoms with E-state index in [1.54, 1.807) is 6.92 Å². The third-order valence-electron chi connectivity index (χ3n) is 2.74. The second-order valence-corrected chi connectivity index (χ2v) is 4.05. The Bertz CT molecular complexity index is 626. The van der Waals surface area contributed by atoms with Crippen LogP contribution in [0, 0.1) is 6.92 Å². The Balaban J connectivity index is 2.38. The lowest BCUT2D eigenvalue weighted by Gasteiger charge is -2.15. The van der Waals surface area contributed by atoms with Gasteiger partial charge in [0.1, 0.15) is 18.3 Å². The Hall–Kier alpha value is -2.26. The highest BCUT2D eigenvalue weighted by molar-refractivity contribution is 5.81. The predicted molar refractivity (Wildman–Crippen MR) is 64.1 cm³/mol. The highest BCUT2D eigenvalue weighted by atomic mass is 16.4. The topological polar surface area (TPSA) is 147 Å². The van der Waals surface area contributed by atoms with Gasteiger partial charge in [0.25, 0.3) is 0 Å². The number of carboxylic acids is 1. The van der Waals surface area contributed by atoms with Gasteiger partial charge >= 0.3 is 5.97 Å². The van der Waals surface area contributed by atoms with Gasteiger partial charge in [-0.1, -0.05) is 0 Å². The number of aliphatic hydroxyl groups is 2. The van der Waals surface area contributed by atoms with Crippen LogP contribution in [-0.2, 0) is 11.3 Å². The Kier molecular flexibility index (Phi) is 3.32. The first-order valence-electron chi connectivity index (χ1n) is 5.44. The maximum Gasteiger partial charge on any atom is 0.335 e. The Labute approximate surface area is 107 Å². The fourth-order valence-corrected chi connectivity index (χ4v) is 1.73. The Morgan fingerprint density at radius 1 is 1.47 bits per heavy atom. The summed E-state index contributed by atoms with van der Waals surface area (Å²) >= 11 is 0. The molecule has 0 radical (unpaired) electrons. The average molecular weight is 267 g/mol. The zero-order valence-electron chi connectivity index (χ0n) is 10.1. The van der Waals surface area contributed by atoms with Gasteiger partial charge in [-0.25, -0.2) is 19.7 Å². The van der Waals surface area contributed by atoms with Gasteiger partial charge in [-0.3, -0.25) is 0 Å². The van der Waals surface area contributed by atoms with Crippen molar-refractivity contribution in [2.24, 2.45) is 0 Å². The number of anilines is 1. The van der Waals surface area contributed by atoms with Crippen LogP contribution in [0.4, 0.5) is 5.82 Å². The highest BCUT2D eigenvalue weighted by Gasteiger charge is 2.25. The van der Waals surface area contributed by atoms with E-state index in [1.165, 1.54) is 10.9 Å². The number of aryl methyl sites for hydroxylation is 1. The summed E-state index contributed by atoms with van der Waals surface area (Å²) < 4.78 is 1.48. The van der Waals surface area contributed by atoms with Crippen molar-refractivity contribution >= 4 is 23.0 Å². The molecule has 0 spiro atoms. The molecule has 2 aromatic heterocycles. The van der Waals surface area contributed by atoms with E-state index in [9.17, 15) is 15.0 Å². The van der Waals surface area contributed by atoms with Crippen LogP contribution in [0.1, 0.15) is 5.82 Å². The summed E-state index contributed by atoms with van der Waals surface area (Å²) in [6.45, 7) is 1.49. The number of hydrogen-bond acceptors (Lipinski definition) is 7.